The molecule has 4 atom stereocenters. The van der Waals surface area contributed by atoms with Gasteiger partial charge in [0.05, 0.1) is 39.9 Å². The molecule has 42 heavy (non-hydrogen) atoms. The van der Waals surface area contributed by atoms with E-state index in [4.69, 9.17) is 0 Å². The number of hydrogen-bond acceptors (Lipinski definition) is 7. The number of carbonyl (C=O) groups excluding carboxylic acids is 3. The first-order valence-electron chi connectivity index (χ1n) is 13.8. The number of pyridine rings is 2. The third kappa shape index (κ3) is 4.20. The Morgan fingerprint density at radius 2 is 1.81 bits per heavy atom. The molecular formula is C29H27F3IN5O3S. The van der Waals surface area contributed by atoms with E-state index < -0.39 is 11.9 Å². The van der Waals surface area contributed by atoms with Crippen LogP contribution >= 0.6 is 34.2 Å². The van der Waals surface area contributed by atoms with Crippen molar-refractivity contribution in [2.75, 3.05) is 13.1 Å². The van der Waals surface area contributed by atoms with Gasteiger partial charge in [0.15, 0.2) is 0 Å². The minimum absolute atomic E-state index is 0.0218. The lowest BCUT2D eigenvalue weighted by Crippen LogP contribution is -2.61. The summed E-state index contributed by atoms with van der Waals surface area (Å²) in [6.45, 7) is 6.65. The van der Waals surface area contributed by atoms with Crippen LogP contribution in [0.5, 0.6) is 0 Å². The van der Waals surface area contributed by atoms with Crippen LogP contribution in [0, 0.1) is 24.2 Å². The second kappa shape index (κ2) is 9.42. The molecule has 4 saturated heterocycles. The normalized spacial score (nSPS) is 26.8. The van der Waals surface area contributed by atoms with Gasteiger partial charge in [0.2, 0.25) is 11.8 Å². The molecule has 13 heteroatoms. The van der Waals surface area contributed by atoms with Gasteiger partial charge >= 0.3 is 6.18 Å². The Morgan fingerprint density at radius 3 is 2.43 bits per heavy atom. The molecule has 8 rings (SSSR count). The number of piperazine rings is 1. The molecule has 0 aromatic carbocycles. The van der Waals surface area contributed by atoms with Crippen LogP contribution in [0.3, 0.4) is 0 Å². The molecule has 8 nitrogen and oxygen atoms in total. The van der Waals surface area contributed by atoms with Gasteiger partial charge < -0.3 is 4.90 Å². The number of halogens is 4. The van der Waals surface area contributed by atoms with Crippen molar-refractivity contribution in [1.82, 2.24) is 22.9 Å². The smallest absolute Gasteiger partial charge is 0.333 e. The Morgan fingerprint density at radius 1 is 1.12 bits per heavy atom. The largest absolute Gasteiger partial charge is 0.433 e. The van der Waals surface area contributed by atoms with Gasteiger partial charge in [-0.1, -0.05) is 13.8 Å². The molecule has 3 amide bonds. The highest BCUT2D eigenvalue weighted by Gasteiger charge is 2.72. The van der Waals surface area contributed by atoms with Gasteiger partial charge in [-0.25, -0.2) is 8.10 Å². The maximum absolute atomic E-state index is 14.1. The van der Waals surface area contributed by atoms with Gasteiger partial charge in [-0.3, -0.25) is 24.3 Å². The lowest BCUT2D eigenvalue weighted by Gasteiger charge is -2.49. The van der Waals surface area contributed by atoms with E-state index in [-0.39, 0.29) is 70.4 Å². The Labute approximate surface area is 257 Å². The molecular weight excluding hydrogens is 682 g/mol. The predicted octanol–water partition coefficient (Wildman–Crippen LogP) is 5.47. The fourth-order valence-electron chi connectivity index (χ4n) is 7.02. The zero-order valence-electron chi connectivity index (χ0n) is 23.0. The molecule has 5 fully saturated rings. The van der Waals surface area contributed by atoms with Crippen LogP contribution in [0.1, 0.15) is 53.2 Å². The van der Waals surface area contributed by atoms with Gasteiger partial charge in [-0.2, -0.15) is 13.2 Å². The van der Waals surface area contributed by atoms with Crippen LogP contribution in [-0.2, 0) is 22.3 Å². The summed E-state index contributed by atoms with van der Waals surface area (Å²) in [7, 11) is 0. The van der Waals surface area contributed by atoms with Crippen LogP contribution < -0.4 is 0 Å². The fraction of sp³-hybridized carbons (Fsp3) is 0.483. The van der Waals surface area contributed by atoms with Gasteiger partial charge in [0.25, 0.3) is 5.91 Å². The van der Waals surface area contributed by atoms with E-state index in [2.05, 4.69) is 35.9 Å². The average molecular weight is 710 g/mol. The van der Waals surface area contributed by atoms with Crippen molar-refractivity contribution in [3.8, 4) is 11.3 Å². The van der Waals surface area contributed by atoms with Crippen molar-refractivity contribution in [3.05, 3.63) is 46.1 Å². The zero-order chi connectivity index (χ0) is 29.9. The zero-order valence-corrected chi connectivity index (χ0v) is 26.0. The second-order valence-corrected chi connectivity index (χ2v) is 14.7. The molecule has 1 aliphatic carbocycles. The number of alkyl halides is 3. The van der Waals surface area contributed by atoms with E-state index in [9.17, 15) is 27.6 Å². The van der Waals surface area contributed by atoms with Crippen molar-refractivity contribution in [2.45, 2.75) is 58.4 Å². The van der Waals surface area contributed by atoms with Crippen molar-refractivity contribution < 1.29 is 27.6 Å². The van der Waals surface area contributed by atoms with Gasteiger partial charge in [-0.05, 0) is 48.9 Å². The van der Waals surface area contributed by atoms with Crippen molar-refractivity contribution in [3.63, 3.8) is 0 Å². The summed E-state index contributed by atoms with van der Waals surface area (Å²) in [4.78, 5) is 52.2. The molecule has 3 aromatic heterocycles. The van der Waals surface area contributed by atoms with Crippen LogP contribution in [0.25, 0.3) is 21.5 Å². The highest BCUT2D eigenvalue weighted by atomic mass is 127. The molecule has 0 N–H and O–H groups in total. The first kappa shape index (κ1) is 28.1. The van der Waals surface area contributed by atoms with Crippen LogP contribution in [0.4, 0.5) is 13.2 Å². The number of nitrogens with zero attached hydrogens (tertiary/aromatic N) is 5. The van der Waals surface area contributed by atoms with E-state index >= 15 is 0 Å². The number of likely N-dealkylation sites (tertiary alicyclic amines) is 1. The Hall–Kier alpha value is -2.65. The average Bonchev–Trinajstić information content (AvgIpc) is 3.16. The third-order valence-corrected chi connectivity index (χ3v) is 11.7. The highest BCUT2D eigenvalue weighted by molar-refractivity contribution is 14.1. The lowest BCUT2D eigenvalue weighted by atomic mass is 9.91. The van der Waals surface area contributed by atoms with Gasteiger partial charge in [0.1, 0.15) is 5.69 Å². The third-order valence-electron chi connectivity index (χ3n) is 9.37. The molecule has 4 aliphatic heterocycles. The molecule has 3 aromatic rings. The quantitative estimate of drug-likeness (QED) is 0.203. The first-order valence-corrected chi connectivity index (χ1v) is 15.6. The van der Waals surface area contributed by atoms with Crippen molar-refractivity contribution in [1.29, 1.82) is 0 Å². The summed E-state index contributed by atoms with van der Waals surface area (Å²) >= 11 is 3.53. The molecule has 1 saturated carbocycles. The number of imide groups is 1. The first-order chi connectivity index (χ1) is 19.8. The number of hydrogen-bond donors (Lipinski definition) is 0. The number of carbonyl (C=O) groups is 3. The Bertz CT molecular complexity index is 1670. The predicted molar refractivity (Wildman–Crippen MR) is 157 cm³/mol. The maximum Gasteiger partial charge on any atom is 0.433 e. The lowest BCUT2D eigenvalue weighted by molar-refractivity contribution is -0.144. The molecule has 220 valence electrons. The summed E-state index contributed by atoms with van der Waals surface area (Å²) in [6.07, 6.45) is -1.40. The number of amides is 3. The van der Waals surface area contributed by atoms with Crippen molar-refractivity contribution in [2.24, 2.45) is 17.3 Å². The minimum Gasteiger partial charge on any atom is -0.333 e. The topological polar surface area (TPSA) is 86.7 Å². The summed E-state index contributed by atoms with van der Waals surface area (Å²) in [6, 6.07) is 4.45. The standard InChI is InChI=1S/C29H27F3IN5O3S/c1-13-8-19(29(30,31)32)35-23(20(13)25(39)36-10-15-5-4-14(36)11-38(15)33)17-6-7-34-18-9-16(42-24(17)18)12-37-26(40)21-22(27(37)41)28(21,2)3/h6-9,14-15,21-22H,4-5,10-12H2,1-3H3. The molecule has 0 radical (unpaired) electrons. The van der Waals surface area contributed by atoms with E-state index in [0.717, 1.165) is 18.9 Å². The molecule has 0 spiro atoms. The number of thiophene rings is 1. The van der Waals surface area contributed by atoms with Crippen LogP contribution in [0.15, 0.2) is 24.4 Å². The SMILES string of the molecule is Cc1cc(C(F)(F)F)nc(-c2ccnc3cc(CN4C(=O)C5C(C4=O)C5(C)C)sc23)c1C(=O)N1CC2CCC1CN2I. The monoisotopic (exact) mass is 709 g/mol. The van der Waals surface area contributed by atoms with E-state index in [1.807, 2.05) is 13.8 Å². The summed E-state index contributed by atoms with van der Waals surface area (Å²) < 4.78 is 44.7. The number of aromatic nitrogens is 2. The number of rotatable bonds is 4. The molecule has 4 unspecified atom stereocenters. The van der Waals surface area contributed by atoms with Crippen LogP contribution in [0.2, 0.25) is 0 Å². The van der Waals surface area contributed by atoms with E-state index in [1.165, 1.54) is 29.4 Å². The summed E-state index contributed by atoms with van der Waals surface area (Å²) in [5.41, 5.74) is -0.177. The minimum atomic E-state index is -4.70. The van der Waals surface area contributed by atoms with E-state index in [1.54, 1.807) is 17.0 Å². The molecule has 5 aliphatic rings. The summed E-state index contributed by atoms with van der Waals surface area (Å²) in [5.74, 6) is -1.31. The number of aryl methyl sites for hydroxylation is 1. The summed E-state index contributed by atoms with van der Waals surface area (Å²) in [5, 5.41) is 0. The molecule has 7 heterocycles. The van der Waals surface area contributed by atoms with Gasteiger partial charge in [-0.15, -0.1) is 11.3 Å². The maximum atomic E-state index is 14.1. The highest BCUT2D eigenvalue weighted by Crippen LogP contribution is 2.63. The van der Waals surface area contributed by atoms with E-state index in [0.29, 0.717) is 33.7 Å². The van der Waals surface area contributed by atoms with Crippen LogP contribution in [-0.4, -0.2) is 65.8 Å². The number of piperidine rings is 3. The van der Waals surface area contributed by atoms with Gasteiger partial charge in [0, 0.05) is 64.7 Å². The van der Waals surface area contributed by atoms with Crippen molar-refractivity contribution >= 4 is 62.1 Å². The number of fused-ring (bicyclic) bond motifs is 5. The fourth-order valence-corrected chi connectivity index (χ4v) is 9.05. The Kier molecular flexibility index (Phi) is 6.31. The Balaban J connectivity index is 1.30. The molecule has 2 bridgehead atoms. The second-order valence-electron chi connectivity index (χ2n) is 12.3.